The van der Waals surface area contributed by atoms with Crippen LogP contribution in [0.25, 0.3) is 0 Å². The standard InChI is InChI=1S/C13H13ClN2O2/c1-3-5-11(17)16-13(2,12(15)18)9-6-4-7-10(14)8-9/h4,6-8H,1-2H3,(H2,15,18)(H,16,17). The van der Waals surface area contributed by atoms with E-state index >= 15 is 0 Å². The van der Waals surface area contributed by atoms with E-state index in [0.29, 0.717) is 10.6 Å². The van der Waals surface area contributed by atoms with Gasteiger partial charge in [0.15, 0.2) is 0 Å². The lowest BCUT2D eigenvalue weighted by Crippen LogP contribution is -2.52. The first-order valence-electron chi connectivity index (χ1n) is 5.21. The number of nitrogens with two attached hydrogens (primary N) is 1. The molecular formula is C13H13ClN2O2. The zero-order valence-corrected chi connectivity index (χ0v) is 10.8. The topological polar surface area (TPSA) is 72.2 Å². The van der Waals surface area contributed by atoms with E-state index in [0.717, 1.165) is 0 Å². The van der Waals surface area contributed by atoms with E-state index in [1.807, 2.05) is 0 Å². The Morgan fingerprint density at radius 3 is 2.61 bits per heavy atom. The highest BCUT2D eigenvalue weighted by molar-refractivity contribution is 6.30. The third-order valence-corrected chi connectivity index (χ3v) is 2.73. The zero-order chi connectivity index (χ0) is 13.8. The van der Waals surface area contributed by atoms with Gasteiger partial charge in [0.25, 0.3) is 5.91 Å². The molecule has 0 saturated heterocycles. The molecule has 3 N–H and O–H groups in total. The van der Waals surface area contributed by atoms with Crippen LogP contribution in [0.5, 0.6) is 0 Å². The molecule has 0 aliphatic carbocycles. The van der Waals surface area contributed by atoms with Gasteiger partial charge in [-0.05, 0) is 37.5 Å². The second kappa shape index (κ2) is 5.56. The number of halogens is 1. The number of carbonyl (C=O) groups is 2. The number of hydrogen-bond acceptors (Lipinski definition) is 2. The van der Waals surface area contributed by atoms with E-state index in [1.165, 1.54) is 13.8 Å². The van der Waals surface area contributed by atoms with E-state index < -0.39 is 17.4 Å². The fraction of sp³-hybridized carbons (Fsp3) is 0.231. The fourth-order valence-corrected chi connectivity index (χ4v) is 1.64. The van der Waals surface area contributed by atoms with E-state index in [2.05, 4.69) is 17.2 Å². The van der Waals surface area contributed by atoms with Gasteiger partial charge in [-0.1, -0.05) is 29.7 Å². The Balaban J connectivity index is 3.18. The third-order valence-electron chi connectivity index (χ3n) is 2.50. The molecule has 18 heavy (non-hydrogen) atoms. The van der Waals surface area contributed by atoms with Crippen LogP contribution < -0.4 is 11.1 Å². The monoisotopic (exact) mass is 264 g/mol. The lowest BCUT2D eigenvalue weighted by atomic mass is 9.91. The number of benzene rings is 1. The summed E-state index contributed by atoms with van der Waals surface area (Å²) >= 11 is 5.86. The summed E-state index contributed by atoms with van der Waals surface area (Å²) < 4.78 is 0. The van der Waals surface area contributed by atoms with Gasteiger partial charge in [-0.25, -0.2) is 0 Å². The molecule has 0 fully saturated rings. The van der Waals surface area contributed by atoms with Crippen molar-refractivity contribution in [3.8, 4) is 11.8 Å². The SMILES string of the molecule is CC#CC(=O)NC(C)(C(N)=O)c1cccc(Cl)c1. The van der Waals surface area contributed by atoms with Gasteiger partial charge in [0, 0.05) is 5.02 Å². The average molecular weight is 265 g/mol. The molecule has 1 rings (SSSR count). The predicted molar refractivity (Wildman–Crippen MR) is 69.6 cm³/mol. The molecule has 4 nitrogen and oxygen atoms in total. The van der Waals surface area contributed by atoms with Crippen LogP contribution in [0.15, 0.2) is 24.3 Å². The molecule has 5 heteroatoms. The molecule has 0 radical (unpaired) electrons. The summed E-state index contributed by atoms with van der Waals surface area (Å²) in [7, 11) is 0. The van der Waals surface area contributed by atoms with Crippen molar-refractivity contribution < 1.29 is 9.59 Å². The van der Waals surface area contributed by atoms with Crippen molar-refractivity contribution in [1.29, 1.82) is 0 Å². The van der Waals surface area contributed by atoms with Crippen LogP contribution in [0, 0.1) is 11.8 Å². The van der Waals surface area contributed by atoms with Crippen molar-refractivity contribution in [1.82, 2.24) is 5.32 Å². The van der Waals surface area contributed by atoms with Crippen molar-refractivity contribution in [2.75, 3.05) is 0 Å². The van der Waals surface area contributed by atoms with E-state index in [1.54, 1.807) is 24.3 Å². The number of carbonyl (C=O) groups excluding carboxylic acids is 2. The molecule has 1 atom stereocenters. The predicted octanol–water partition coefficient (Wildman–Crippen LogP) is 1.18. The van der Waals surface area contributed by atoms with Gasteiger partial charge in [0.2, 0.25) is 5.91 Å². The molecule has 0 aliphatic heterocycles. The summed E-state index contributed by atoms with van der Waals surface area (Å²) in [5, 5.41) is 2.95. The van der Waals surface area contributed by atoms with Gasteiger partial charge >= 0.3 is 0 Å². The van der Waals surface area contributed by atoms with Crippen molar-refractivity contribution in [3.63, 3.8) is 0 Å². The smallest absolute Gasteiger partial charge is 0.296 e. The van der Waals surface area contributed by atoms with Crippen molar-refractivity contribution >= 4 is 23.4 Å². The first-order chi connectivity index (χ1) is 8.40. The quantitative estimate of drug-likeness (QED) is 0.805. The summed E-state index contributed by atoms with van der Waals surface area (Å²) in [4.78, 5) is 23.1. The highest BCUT2D eigenvalue weighted by Crippen LogP contribution is 2.23. The first kappa shape index (κ1) is 14.1. The molecule has 0 aromatic heterocycles. The van der Waals surface area contributed by atoms with Crippen LogP contribution in [0.4, 0.5) is 0 Å². The molecule has 94 valence electrons. The lowest BCUT2D eigenvalue weighted by molar-refractivity contribution is -0.129. The second-order valence-corrected chi connectivity index (χ2v) is 4.27. The Bertz CT molecular complexity index is 545. The van der Waals surface area contributed by atoms with Gasteiger partial charge < -0.3 is 11.1 Å². The van der Waals surface area contributed by atoms with Gasteiger partial charge in [0.05, 0.1) is 0 Å². The fourth-order valence-electron chi connectivity index (χ4n) is 1.45. The van der Waals surface area contributed by atoms with Gasteiger partial charge in [-0.15, -0.1) is 0 Å². The van der Waals surface area contributed by atoms with Gasteiger partial charge in [-0.2, -0.15) is 0 Å². The zero-order valence-electron chi connectivity index (χ0n) is 10.1. The molecule has 2 amide bonds. The summed E-state index contributed by atoms with van der Waals surface area (Å²) in [5.74, 6) is 3.50. The molecule has 1 aromatic rings. The van der Waals surface area contributed by atoms with E-state index in [-0.39, 0.29) is 0 Å². The molecule has 0 heterocycles. The molecular weight excluding hydrogens is 252 g/mol. The maximum absolute atomic E-state index is 11.6. The van der Waals surface area contributed by atoms with Crippen LogP contribution in [-0.2, 0) is 15.1 Å². The Hall–Kier alpha value is -1.99. The second-order valence-electron chi connectivity index (χ2n) is 3.83. The highest BCUT2D eigenvalue weighted by Gasteiger charge is 2.34. The number of hydrogen-bond donors (Lipinski definition) is 2. The first-order valence-corrected chi connectivity index (χ1v) is 5.59. The van der Waals surface area contributed by atoms with Crippen molar-refractivity contribution in [2.45, 2.75) is 19.4 Å². The van der Waals surface area contributed by atoms with Crippen LogP contribution >= 0.6 is 11.6 Å². The number of rotatable bonds is 3. The number of nitrogens with one attached hydrogen (secondary N) is 1. The van der Waals surface area contributed by atoms with Crippen LogP contribution in [0.3, 0.4) is 0 Å². The maximum atomic E-state index is 11.6. The molecule has 0 saturated carbocycles. The molecule has 1 aromatic carbocycles. The normalized spacial score (nSPS) is 12.8. The maximum Gasteiger partial charge on any atom is 0.296 e. The van der Waals surface area contributed by atoms with Gasteiger partial charge in [0.1, 0.15) is 5.54 Å². The van der Waals surface area contributed by atoms with Crippen molar-refractivity contribution in [2.24, 2.45) is 5.73 Å². The largest absolute Gasteiger partial charge is 0.367 e. The minimum absolute atomic E-state index is 0.454. The Kier molecular flexibility index (Phi) is 4.35. The summed E-state index contributed by atoms with van der Waals surface area (Å²) in [6.45, 7) is 3.04. The Labute approximate surface area is 111 Å². The molecule has 0 bridgehead atoms. The van der Waals surface area contributed by atoms with Crippen molar-refractivity contribution in [3.05, 3.63) is 34.9 Å². The minimum atomic E-state index is -1.34. The summed E-state index contributed by atoms with van der Waals surface area (Å²) in [6, 6.07) is 6.58. The van der Waals surface area contributed by atoms with Crippen LogP contribution in [0.1, 0.15) is 19.4 Å². The molecule has 0 spiro atoms. The van der Waals surface area contributed by atoms with Crippen LogP contribution in [0.2, 0.25) is 5.02 Å². The summed E-state index contributed by atoms with van der Waals surface area (Å²) in [5.41, 5.74) is 4.52. The highest BCUT2D eigenvalue weighted by atomic mass is 35.5. The minimum Gasteiger partial charge on any atom is -0.367 e. The molecule has 1 unspecified atom stereocenters. The van der Waals surface area contributed by atoms with Crippen LogP contribution in [-0.4, -0.2) is 11.8 Å². The molecule has 0 aliphatic rings. The van der Waals surface area contributed by atoms with E-state index in [4.69, 9.17) is 17.3 Å². The number of amides is 2. The lowest BCUT2D eigenvalue weighted by Gasteiger charge is -2.27. The average Bonchev–Trinajstić information content (AvgIpc) is 2.28. The summed E-state index contributed by atoms with van der Waals surface area (Å²) in [6.07, 6.45) is 0. The Morgan fingerprint density at radius 1 is 1.44 bits per heavy atom. The third kappa shape index (κ3) is 3.02. The number of primary amides is 1. The Morgan fingerprint density at radius 2 is 2.11 bits per heavy atom. The van der Waals surface area contributed by atoms with E-state index in [9.17, 15) is 9.59 Å². The van der Waals surface area contributed by atoms with Gasteiger partial charge in [-0.3, -0.25) is 9.59 Å².